The van der Waals surface area contributed by atoms with Gasteiger partial charge in [-0.1, -0.05) is 6.07 Å². The van der Waals surface area contributed by atoms with Crippen LogP contribution < -0.4 is 16.0 Å². The minimum absolute atomic E-state index is 0.0636. The van der Waals surface area contributed by atoms with Crippen molar-refractivity contribution < 1.29 is 4.79 Å². The number of nitrogens with one attached hydrogen (secondary N) is 1. The zero-order valence-electron chi connectivity index (χ0n) is 10.7. The Kier molecular flexibility index (Phi) is 4.15. The van der Waals surface area contributed by atoms with Crippen molar-refractivity contribution in [3.05, 3.63) is 24.4 Å². The van der Waals surface area contributed by atoms with Gasteiger partial charge in [-0.15, -0.1) is 0 Å². The number of hydrogen-bond acceptors (Lipinski definition) is 4. The zero-order valence-corrected chi connectivity index (χ0v) is 10.7. The molecular formula is C13H20N4O. The second-order valence-corrected chi connectivity index (χ2v) is 4.75. The summed E-state index contributed by atoms with van der Waals surface area (Å²) in [7, 11) is 0. The van der Waals surface area contributed by atoms with Crippen LogP contribution in [-0.4, -0.2) is 36.1 Å². The summed E-state index contributed by atoms with van der Waals surface area (Å²) in [5.74, 6) is 0.945. The first-order valence-corrected chi connectivity index (χ1v) is 6.39. The Morgan fingerprint density at radius 1 is 1.50 bits per heavy atom. The quantitative estimate of drug-likeness (QED) is 0.818. The predicted molar refractivity (Wildman–Crippen MR) is 71.3 cm³/mol. The topological polar surface area (TPSA) is 71.2 Å². The predicted octanol–water partition coefficient (Wildman–Crippen LogP) is 0.514. The average molecular weight is 248 g/mol. The molecule has 1 amide bonds. The van der Waals surface area contributed by atoms with Crippen molar-refractivity contribution in [1.29, 1.82) is 0 Å². The Morgan fingerprint density at radius 2 is 2.22 bits per heavy atom. The first kappa shape index (κ1) is 12.8. The summed E-state index contributed by atoms with van der Waals surface area (Å²) in [6.07, 6.45) is 3.68. The van der Waals surface area contributed by atoms with E-state index in [1.165, 1.54) is 0 Å². The van der Waals surface area contributed by atoms with Crippen LogP contribution in [0.15, 0.2) is 24.4 Å². The third-order valence-corrected chi connectivity index (χ3v) is 3.23. The number of nitrogens with two attached hydrogens (primary N) is 1. The summed E-state index contributed by atoms with van der Waals surface area (Å²) < 4.78 is 0. The van der Waals surface area contributed by atoms with E-state index in [2.05, 4.69) is 15.2 Å². The maximum atomic E-state index is 11.5. The van der Waals surface area contributed by atoms with E-state index in [0.29, 0.717) is 0 Å². The number of rotatable bonds is 3. The lowest BCUT2D eigenvalue weighted by Crippen LogP contribution is -2.49. The van der Waals surface area contributed by atoms with Crippen molar-refractivity contribution >= 4 is 11.7 Å². The Morgan fingerprint density at radius 3 is 2.78 bits per heavy atom. The molecule has 98 valence electrons. The average Bonchev–Trinajstić information content (AvgIpc) is 2.40. The summed E-state index contributed by atoms with van der Waals surface area (Å²) in [5.41, 5.74) is 5.54. The highest BCUT2D eigenvalue weighted by Crippen LogP contribution is 2.17. The van der Waals surface area contributed by atoms with Crippen molar-refractivity contribution in [2.75, 3.05) is 18.0 Å². The van der Waals surface area contributed by atoms with Gasteiger partial charge >= 0.3 is 0 Å². The molecule has 0 bridgehead atoms. The summed E-state index contributed by atoms with van der Waals surface area (Å²) in [5, 5.41) is 2.98. The number of carbonyl (C=O) groups is 1. The van der Waals surface area contributed by atoms with Crippen LogP contribution in [0.2, 0.25) is 0 Å². The van der Waals surface area contributed by atoms with Crippen LogP contribution in [0.1, 0.15) is 19.8 Å². The number of hydrogen-bond donors (Lipinski definition) is 2. The van der Waals surface area contributed by atoms with Crippen LogP contribution in [0.25, 0.3) is 0 Å². The summed E-state index contributed by atoms with van der Waals surface area (Å²) >= 11 is 0. The number of anilines is 1. The summed E-state index contributed by atoms with van der Waals surface area (Å²) in [6, 6.07) is 5.73. The van der Waals surface area contributed by atoms with Crippen LogP contribution >= 0.6 is 0 Å². The van der Waals surface area contributed by atoms with Crippen molar-refractivity contribution in [3.63, 3.8) is 0 Å². The molecule has 1 aliphatic rings. The lowest BCUT2D eigenvalue weighted by atomic mass is 10.0. The van der Waals surface area contributed by atoms with Gasteiger partial charge in [0.25, 0.3) is 0 Å². The fourth-order valence-electron chi connectivity index (χ4n) is 2.13. The normalized spacial score (nSPS) is 18.4. The zero-order chi connectivity index (χ0) is 13.0. The van der Waals surface area contributed by atoms with Crippen LogP contribution in [-0.2, 0) is 4.79 Å². The molecule has 5 nitrogen and oxygen atoms in total. The molecule has 0 unspecified atom stereocenters. The molecule has 0 aliphatic carbocycles. The Balaban J connectivity index is 1.83. The molecule has 3 N–H and O–H groups in total. The lowest BCUT2D eigenvalue weighted by molar-refractivity contribution is -0.122. The molecule has 1 aromatic rings. The van der Waals surface area contributed by atoms with Gasteiger partial charge in [-0.05, 0) is 31.9 Å². The van der Waals surface area contributed by atoms with Crippen molar-refractivity contribution in [2.45, 2.75) is 31.8 Å². The van der Waals surface area contributed by atoms with E-state index in [0.717, 1.165) is 31.7 Å². The van der Waals surface area contributed by atoms with Gasteiger partial charge in [-0.25, -0.2) is 4.98 Å². The molecule has 1 saturated heterocycles. The number of nitrogens with zero attached hydrogens (tertiary/aromatic N) is 2. The third-order valence-electron chi connectivity index (χ3n) is 3.23. The molecule has 0 aromatic carbocycles. The molecule has 1 aliphatic heterocycles. The van der Waals surface area contributed by atoms with E-state index in [-0.39, 0.29) is 11.9 Å². The number of aromatic nitrogens is 1. The number of amides is 1. The fourth-order valence-corrected chi connectivity index (χ4v) is 2.13. The maximum Gasteiger partial charge on any atom is 0.236 e. The summed E-state index contributed by atoms with van der Waals surface area (Å²) in [4.78, 5) is 18.1. The van der Waals surface area contributed by atoms with Crippen LogP contribution in [0.5, 0.6) is 0 Å². The Labute approximate surface area is 107 Å². The molecule has 1 fully saturated rings. The van der Waals surface area contributed by atoms with Crippen LogP contribution in [0.3, 0.4) is 0 Å². The number of pyridine rings is 1. The van der Waals surface area contributed by atoms with E-state index in [9.17, 15) is 4.79 Å². The van der Waals surface area contributed by atoms with Crippen LogP contribution in [0, 0.1) is 0 Å². The highest BCUT2D eigenvalue weighted by Gasteiger charge is 2.22. The molecule has 2 heterocycles. The van der Waals surface area contributed by atoms with E-state index in [4.69, 9.17) is 5.73 Å². The third kappa shape index (κ3) is 3.20. The maximum absolute atomic E-state index is 11.5. The second-order valence-electron chi connectivity index (χ2n) is 4.75. The van der Waals surface area contributed by atoms with Crippen molar-refractivity contribution in [1.82, 2.24) is 10.3 Å². The SMILES string of the molecule is C[C@@H](N)C(=O)NC1CCN(c2ccccn2)CC1. The van der Waals surface area contributed by atoms with Gasteiger partial charge in [-0.2, -0.15) is 0 Å². The second kappa shape index (κ2) is 5.82. The van der Waals surface area contributed by atoms with Gasteiger partial charge in [0.15, 0.2) is 0 Å². The lowest BCUT2D eigenvalue weighted by Gasteiger charge is -2.33. The highest BCUT2D eigenvalue weighted by atomic mass is 16.2. The van der Waals surface area contributed by atoms with E-state index < -0.39 is 6.04 Å². The van der Waals surface area contributed by atoms with Crippen molar-refractivity contribution in [3.8, 4) is 0 Å². The Bertz CT molecular complexity index is 385. The largest absolute Gasteiger partial charge is 0.356 e. The smallest absolute Gasteiger partial charge is 0.236 e. The molecule has 5 heteroatoms. The fraction of sp³-hybridized carbons (Fsp3) is 0.538. The first-order chi connectivity index (χ1) is 8.66. The highest BCUT2D eigenvalue weighted by molar-refractivity contribution is 5.81. The standard InChI is InChI=1S/C13H20N4O/c1-10(14)13(18)16-11-5-8-17(9-6-11)12-4-2-3-7-15-12/h2-4,7,10-11H,5-6,8-9,14H2,1H3,(H,16,18)/t10-/m1/s1. The van der Waals surface area contributed by atoms with E-state index in [1.54, 1.807) is 13.1 Å². The number of piperidine rings is 1. The molecule has 0 spiro atoms. The molecule has 1 aromatic heterocycles. The number of carbonyl (C=O) groups excluding carboxylic acids is 1. The van der Waals surface area contributed by atoms with Gasteiger partial charge in [0.2, 0.25) is 5.91 Å². The van der Waals surface area contributed by atoms with Crippen LogP contribution in [0.4, 0.5) is 5.82 Å². The van der Waals surface area contributed by atoms with E-state index >= 15 is 0 Å². The Hall–Kier alpha value is -1.62. The van der Waals surface area contributed by atoms with Gasteiger partial charge < -0.3 is 16.0 Å². The van der Waals surface area contributed by atoms with Crippen molar-refractivity contribution in [2.24, 2.45) is 5.73 Å². The molecule has 2 rings (SSSR count). The molecular weight excluding hydrogens is 228 g/mol. The molecule has 0 radical (unpaired) electrons. The molecule has 0 saturated carbocycles. The molecule has 1 atom stereocenters. The summed E-state index contributed by atoms with van der Waals surface area (Å²) in [6.45, 7) is 3.54. The monoisotopic (exact) mass is 248 g/mol. The van der Waals surface area contributed by atoms with Gasteiger partial charge in [0, 0.05) is 25.3 Å². The van der Waals surface area contributed by atoms with Gasteiger partial charge in [0.1, 0.15) is 5.82 Å². The van der Waals surface area contributed by atoms with Gasteiger partial charge in [0.05, 0.1) is 6.04 Å². The van der Waals surface area contributed by atoms with Gasteiger partial charge in [-0.3, -0.25) is 4.79 Å². The minimum atomic E-state index is -0.432. The van der Waals surface area contributed by atoms with E-state index in [1.807, 2.05) is 18.2 Å². The first-order valence-electron chi connectivity index (χ1n) is 6.39. The minimum Gasteiger partial charge on any atom is -0.356 e. The molecule has 18 heavy (non-hydrogen) atoms.